The number of benzene rings is 1. The minimum absolute atomic E-state index is 0.374. The molecule has 2 N–H and O–H groups in total. The maximum atomic E-state index is 9.60. The third-order valence-corrected chi connectivity index (χ3v) is 6.80. The third-order valence-electron chi connectivity index (χ3n) is 6.80. The molecule has 1 saturated heterocycles. The molecule has 1 saturated carbocycles. The van der Waals surface area contributed by atoms with E-state index in [0.717, 1.165) is 12.5 Å². The minimum atomic E-state index is 0.374. The monoisotopic (exact) mass is 281 g/mol. The first kappa shape index (κ1) is 12.4. The predicted octanol–water partition coefficient (Wildman–Crippen LogP) is 2.73. The number of fused-ring (bicyclic) bond motifs is 3. The van der Waals surface area contributed by atoms with Crippen LogP contribution in [0.3, 0.4) is 0 Å². The van der Waals surface area contributed by atoms with Crippen molar-refractivity contribution < 1.29 is 5.11 Å². The van der Waals surface area contributed by atoms with Crippen LogP contribution in [0, 0.1) is 11.8 Å². The van der Waals surface area contributed by atoms with Crippen molar-refractivity contribution in [2.24, 2.45) is 11.8 Å². The summed E-state index contributed by atoms with van der Waals surface area (Å²) in [5.74, 6) is 1.25. The van der Waals surface area contributed by atoms with E-state index in [4.69, 9.17) is 0 Å². The van der Waals surface area contributed by atoms with Gasteiger partial charge in [0, 0.05) is 18.1 Å². The highest BCUT2D eigenvalue weighted by atomic mass is 16.3. The maximum Gasteiger partial charge on any atom is 0.0459 e. The molecule has 21 heavy (non-hydrogen) atoms. The van der Waals surface area contributed by atoms with Gasteiger partial charge in [-0.15, -0.1) is 0 Å². The van der Waals surface area contributed by atoms with Crippen molar-refractivity contribution in [1.82, 2.24) is 5.32 Å². The minimum Gasteiger partial charge on any atom is -0.396 e. The molecule has 1 unspecified atom stereocenters. The first-order valence-electron chi connectivity index (χ1n) is 8.50. The number of hydrogen-bond acceptors (Lipinski definition) is 2. The first-order valence-corrected chi connectivity index (χ1v) is 8.50. The fourth-order valence-corrected chi connectivity index (χ4v) is 5.69. The van der Waals surface area contributed by atoms with E-state index in [-0.39, 0.29) is 0 Å². The van der Waals surface area contributed by atoms with Crippen molar-refractivity contribution in [2.75, 3.05) is 13.2 Å². The number of hydrogen-bond donors (Lipinski definition) is 2. The van der Waals surface area contributed by atoms with E-state index >= 15 is 0 Å². The number of nitrogens with one attached hydrogen (secondary N) is 1. The Hall–Kier alpha value is -1.12. The second-order valence-corrected chi connectivity index (χ2v) is 7.53. The molecule has 2 bridgehead atoms. The quantitative estimate of drug-likeness (QED) is 0.842. The average Bonchev–Trinajstić information content (AvgIpc) is 2.47. The van der Waals surface area contributed by atoms with Gasteiger partial charge < -0.3 is 10.4 Å². The largest absolute Gasteiger partial charge is 0.396 e. The van der Waals surface area contributed by atoms with Crippen LogP contribution in [-0.4, -0.2) is 24.3 Å². The Balaban J connectivity index is 1.66. The summed E-state index contributed by atoms with van der Waals surface area (Å²) in [5.41, 5.74) is 6.64. The van der Waals surface area contributed by atoms with E-state index < -0.39 is 0 Å². The SMILES string of the molecule is OCC1CC[C@]23CCN[C@H](Cc4c2ccc2c4C=C2)[C@@H]3C1. The molecule has 0 aromatic heterocycles. The summed E-state index contributed by atoms with van der Waals surface area (Å²) in [6, 6.07) is 5.40. The lowest BCUT2D eigenvalue weighted by atomic mass is 9.50. The van der Waals surface area contributed by atoms with Gasteiger partial charge in [0.2, 0.25) is 0 Å². The molecular formula is C19H23NO. The zero-order valence-electron chi connectivity index (χ0n) is 12.4. The van der Waals surface area contributed by atoms with Crippen molar-refractivity contribution in [1.29, 1.82) is 0 Å². The summed E-state index contributed by atoms with van der Waals surface area (Å²) >= 11 is 0. The molecule has 4 aliphatic rings. The highest BCUT2D eigenvalue weighted by Crippen LogP contribution is 2.56. The van der Waals surface area contributed by atoms with Gasteiger partial charge in [0.25, 0.3) is 0 Å². The van der Waals surface area contributed by atoms with E-state index in [1.165, 1.54) is 43.2 Å². The van der Waals surface area contributed by atoms with E-state index in [1.807, 2.05) is 0 Å². The second kappa shape index (κ2) is 4.21. The van der Waals surface area contributed by atoms with Gasteiger partial charge in [-0.2, -0.15) is 0 Å². The topological polar surface area (TPSA) is 32.3 Å². The van der Waals surface area contributed by atoms with E-state index in [9.17, 15) is 5.11 Å². The van der Waals surface area contributed by atoms with Crippen molar-refractivity contribution in [3.05, 3.63) is 34.4 Å². The summed E-state index contributed by atoms with van der Waals surface area (Å²) < 4.78 is 0. The number of piperidine rings is 1. The van der Waals surface area contributed by atoms with Gasteiger partial charge in [0.15, 0.2) is 0 Å². The molecule has 0 spiro atoms. The van der Waals surface area contributed by atoms with Gasteiger partial charge >= 0.3 is 0 Å². The molecule has 110 valence electrons. The van der Waals surface area contributed by atoms with Gasteiger partial charge in [-0.05, 0) is 72.7 Å². The molecule has 2 nitrogen and oxygen atoms in total. The Labute approximate surface area is 126 Å². The van der Waals surface area contributed by atoms with Crippen LogP contribution in [0.25, 0.3) is 12.2 Å². The second-order valence-electron chi connectivity index (χ2n) is 7.53. The third kappa shape index (κ3) is 1.50. The molecule has 3 aliphatic carbocycles. The molecule has 1 heterocycles. The summed E-state index contributed by atoms with van der Waals surface area (Å²) in [7, 11) is 0. The van der Waals surface area contributed by atoms with Crippen molar-refractivity contribution in [2.45, 2.75) is 43.6 Å². The standard InChI is InChI=1S/C19H23NO/c21-11-12-5-6-19-7-8-20-18(17(19)9-12)10-15-14-3-1-13(14)2-4-16(15)19/h1-4,12,17-18,20-21H,5-11H2/t12?,17-,18+,19-/m0/s1. The smallest absolute Gasteiger partial charge is 0.0459 e. The zero-order chi connectivity index (χ0) is 14.0. The maximum absolute atomic E-state index is 9.60. The van der Waals surface area contributed by atoms with Gasteiger partial charge in [0.05, 0.1) is 0 Å². The Bertz CT molecular complexity index is 635. The highest BCUT2D eigenvalue weighted by Gasteiger charge is 2.53. The van der Waals surface area contributed by atoms with Crippen LogP contribution in [0.15, 0.2) is 12.1 Å². The summed E-state index contributed by atoms with van der Waals surface area (Å²) in [5, 5.41) is 13.4. The van der Waals surface area contributed by atoms with Gasteiger partial charge in [-0.25, -0.2) is 0 Å². The number of rotatable bonds is 1. The van der Waals surface area contributed by atoms with Crippen LogP contribution in [0.4, 0.5) is 0 Å². The molecule has 2 heteroatoms. The summed E-state index contributed by atoms with van der Waals surface area (Å²) in [4.78, 5) is 0. The zero-order valence-corrected chi connectivity index (χ0v) is 12.4. The van der Waals surface area contributed by atoms with E-state index in [1.54, 1.807) is 11.1 Å². The number of aliphatic hydroxyl groups excluding tert-OH is 1. The molecule has 1 aliphatic heterocycles. The summed E-state index contributed by atoms with van der Waals surface area (Å²) in [6.07, 6.45) is 10.7. The Morgan fingerprint density at radius 3 is 3.00 bits per heavy atom. The molecule has 0 amide bonds. The van der Waals surface area contributed by atoms with Crippen LogP contribution in [0.1, 0.15) is 47.9 Å². The lowest BCUT2D eigenvalue weighted by Crippen LogP contribution is -2.60. The Morgan fingerprint density at radius 2 is 2.19 bits per heavy atom. The molecule has 4 atom stereocenters. The predicted molar refractivity (Wildman–Crippen MR) is 85.1 cm³/mol. The first-order chi connectivity index (χ1) is 10.3. The van der Waals surface area contributed by atoms with Crippen molar-refractivity contribution in [3.8, 4) is 0 Å². The fourth-order valence-electron chi connectivity index (χ4n) is 5.69. The van der Waals surface area contributed by atoms with E-state index in [2.05, 4.69) is 29.6 Å². The Kier molecular flexibility index (Phi) is 2.49. The fraction of sp³-hybridized carbons (Fsp3) is 0.579. The van der Waals surface area contributed by atoms with Gasteiger partial charge in [0.1, 0.15) is 0 Å². The molecule has 2 fully saturated rings. The van der Waals surface area contributed by atoms with Crippen LogP contribution in [-0.2, 0) is 11.8 Å². The van der Waals surface area contributed by atoms with E-state index in [0.29, 0.717) is 24.0 Å². The summed E-state index contributed by atoms with van der Waals surface area (Å²) in [6.45, 7) is 1.54. The average molecular weight is 281 g/mol. The van der Waals surface area contributed by atoms with Crippen LogP contribution in [0.2, 0.25) is 0 Å². The molecule has 1 aromatic carbocycles. The van der Waals surface area contributed by atoms with Crippen LogP contribution in [0.5, 0.6) is 0 Å². The van der Waals surface area contributed by atoms with Gasteiger partial charge in [-0.3, -0.25) is 0 Å². The normalized spacial score (nSPS) is 39.0. The van der Waals surface area contributed by atoms with Crippen molar-refractivity contribution >= 4 is 12.2 Å². The lowest BCUT2D eigenvalue weighted by molar-refractivity contribution is 0.0342. The van der Waals surface area contributed by atoms with Crippen molar-refractivity contribution in [3.63, 3.8) is 0 Å². The molecular weight excluding hydrogens is 258 g/mol. The van der Waals surface area contributed by atoms with Gasteiger partial charge in [-0.1, -0.05) is 24.3 Å². The molecule has 1 aromatic rings. The number of aliphatic hydroxyl groups is 1. The lowest BCUT2D eigenvalue weighted by Gasteiger charge is -2.57. The highest BCUT2D eigenvalue weighted by molar-refractivity contribution is 5.88. The molecule has 5 rings (SSSR count). The van der Waals surface area contributed by atoms with Crippen LogP contribution >= 0.6 is 0 Å². The molecule has 0 radical (unpaired) electrons. The van der Waals surface area contributed by atoms with Crippen LogP contribution < -0.4 is 5.32 Å². The Morgan fingerprint density at radius 1 is 1.24 bits per heavy atom.